The number of hydrogen-bond donors (Lipinski definition) is 2. The van der Waals surface area contributed by atoms with Crippen LogP contribution in [0.1, 0.15) is 0 Å². The first-order valence-electron chi connectivity index (χ1n) is 5.78. The highest BCUT2D eigenvalue weighted by molar-refractivity contribution is 9.10. The monoisotopic (exact) mass is 370 g/mol. The third-order valence-corrected chi connectivity index (χ3v) is 4.24. The lowest BCUT2D eigenvalue weighted by Gasteiger charge is -2.07. The van der Waals surface area contributed by atoms with E-state index in [0.29, 0.717) is 16.4 Å². The minimum atomic E-state index is -0.100. The van der Waals surface area contributed by atoms with Gasteiger partial charge in [-0.2, -0.15) is 0 Å². The van der Waals surface area contributed by atoms with E-state index in [1.54, 1.807) is 30.3 Å². The van der Waals surface area contributed by atoms with E-state index in [1.807, 2.05) is 12.1 Å². The molecule has 0 saturated carbocycles. The molecule has 20 heavy (non-hydrogen) atoms. The average Bonchev–Trinajstić information content (AvgIpc) is 2.40. The maximum atomic E-state index is 11.9. The summed E-state index contributed by atoms with van der Waals surface area (Å²) in [6.45, 7) is 0. The first-order chi connectivity index (χ1) is 9.54. The fourth-order valence-corrected chi connectivity index (χ4v) is 3.05. The molecule has 2 aromatic rings. The van der Waals surface area contributed by atoms with E-state index < -0.39 is 0 Å². The van der Waals surface area contributed by atoms with Crippen molar-refractivity contribution < 1.29 is 4.79 Å². The molecule has 2 aromatic carbocycles. The van der Waals surface area contributed by atoms with E-state index in [4.69, 9.17) is 17.3 Å². The van der Waals surface area contributed by atoms with Crippen LogP contribution >= 0.6 is 39.3 Å². The fourth-order valence-electron chi connectivity index (χ4n) is 1.54. The van der Waals surface area contributed by atoms with Crippen molar-refractivity contribution in [1.82, 2.24) is 0 Å². The third-order valence-electron chi connectivity index (χ3n) is 2.44. The van der Waals surface area contributed by atoms with Gasteiger partial charge in [0.2, 0.25) is 5.91 Å². The molecule has 2 rings (SSSR count). The van der Waals surface area contributed by atoms with Gasteiger partial charge in [0.15, 0.2) is 0 Å². The smallest absolute Gasteiger partial charge is 0.234 e. The van der Waals surface area contributed by atoms with Crippen molar-refractivity contribution in [3.8, 4) is 0 Å². The molecule has 0 aliphatic heterocycles. The van der Waals surface area contributed by atoms with Gasteiger partial charge in [0.1, 0.15) is 0 Å². The second-order valence-corrected chi connectivity index (χ2v) is 6.40. The number of thioether (sulfide) groups is 1. The molecule has 0 saturated heterocycles. The Morgan fingerprint density at radius 2 is 2.10 bits per heavy atom. The van der Waals surface area contributed by atoms with Gasteiger partial charge in [0.25, 0.3) is 0 Å². The van der Waals surface area contributed by atoms with Crippen molar-refractivity contribution in [2.75, 3.05) is 16.8 Å². The van der Waals surface area contributed by atoms with Crippen LogP contribution in [0.2, 0.25) is 5.02 Å². The second-order valence-electron chi connectivity index (χ2n) is 4.03. The largest absolute Gasteiger partial charge is 0.398 e. The standard InChI is InChI=1S/C14H12BrClN2OS/c15-9-4-5-12(17)13(6-9)20-8-14(19)18-11-3-1-2-10(16)7-11/h1-7H,8,17H2,(H,18,19). The molecule has 0 atom stereocenters. The van der Waals surface area contributed by atoms with Gasteiger partial charge in [-0.3, -0.25) is 4.79 Å². The molecule has 6 heteroatoms. The van der Waals surface area contributed by atoms with Gasteiger partial charge in [-0.1, -0.05) is 33.6 Å². The van der Waals surface area contributed by atoms with Crippen molar-refractivity contribution in [1.29, 1.82) is 0 Å². The van der Waals surface area contributed by atoms with Crippen molar-refractivity contribution in [3.63, 3.8) is 0 Å². The predicted octanol–water partition coefficient (Wildman–Crippen LogP) is 4.42. The molecule has 0 aliphatic rings. The highest BCUT2D eigenvalue weighted by Gasteiger charge is 2.06. The van der Waals surface area contributed by atoms with Gasteiger partial charge in [-0.25, -0.2) is 0 Å². The van der Waals surface area contributed by atoms with Gasteiger partial charge in [-0.15, -0.1) is 11.8 Å². The Hall–Kier alpha value is -1.17. The van der Waals surface area contributed by atoms with Crippen LogP contribution in [0, 0.1) is 0 Å². The van der Waals surface area contributed by atoms with Crippen LogP contribution in [0.15, 0.2) is 51.8 Å². The third kappa shape index (κ3) is 4.44. The Morgan fingerprint density at radius 1 is 1.30 bits per heavy atom. The zero-order valence-electron chi connectivity index (χ0n) is 10.4. The SMILES string of the molecule is Nc1ccc(Br)cc1SCC(=O)Nc1cccc(Cl)c1. The highest BCUT2D eigenvalue weighted by Crippen LogP contribution is 2.28. The van der Waals surface area contributed by atoms with E-state index in [2.05, 4.69) is 21.2 Å². The van der Waals surface area contributed by atoms with E-state index in [9.17, 15) is 4.79 Å². The first kappa shape index (κ1) is 15.2. The molecule has 1 amide bonds. The number of nitrogens with one attached hydrogen (secondary N) is 1. The van der Waals surface area contributed by atoms with Crippen LogP contribution in [0.5, 0.6) is 0 Å². The Kier molecular flexibility index (Phi) is 5.34. The summed E-state index contributed by atoms with van der Waals surface area (Å²) >= 11 is 10.6. The molecule has 0 spiro atoms. The molecule has 0 bridgehead atoms. The van der Waals surface area contributed by atoms with Crippen LogP contribution in [0.3, 0.4) is 0 Å². The normalized spacial score (nSPS) is 10.3. The predicted molar refractivity (Wildman–Crippen MR) is 89.4 cm³/mol. The number of anilines is 2. The van der Waals surface area contributed by atoms with E-state index in [0.717, 1.165) is 9.37 Å². The highest BCUT2D eigenvalue weighted by atomic mass is 79.9. The molecule has 104 valence electrons. The number of nitrogens with two attached hydrogens (primary N) is 1. The van der Waals surface area contributed by atoms with Gasteiger partial charge < -0.3 is 11.1 Å². The van der Waals surface area contributed by atoms with Gasteiger partial charge in [0.05, 0.1) is 5.75 Å². The molecule has 0 aromatic heterocycles. The number of carbonyl (C=O) groups is 1. The van der Waals surface area contributed by atoms with Crippen molar-refractivity contribution >= 4 is 56.6 Å². The summed E-state index contributed by atoms with van der Waals surface area (Å²) < 4.78 is 0.935. The summed E-state index contributed by atoms with van der Waals surface area (Å²) in [7, 11) is 0. The molecule has 0 unspecified atom stereocenters. The van der Waals surface area contributed by atoms with Crippen LogP contribution in [-0.4, -0.2) is 11.7 Å². The Morgan fingerprint density at radius 3 is 2.85 bits per heavy atom. The van der Waals surface area contributed by atoms with E-state index in [-0.39, 0.29) is 11.7 Å². The van der Waals surface area contributed by atoms with Crippen molar-refractivity contribution in [3.05, 3.63) is 52.0 Å². The molecule has 0 radical (unpaired) electrons. The minimum absolute atomic E-state index is 0.100. The molecular weight excluding hydrogens is 360 g/mol. The quantitative estimate of drug-likeness (QED) is 0.618. The Labute approximate surface area is 135 Å². The van der Waals surface area contributed by atoms with Crippen LogP contribution < -0.4 is 11.1 Å². The number of hydrogen-bond acceptors (Lipinski definition) is 3. The second kappa shape index (κ2) is 7.02. The van der Waals surface area contributed by atoms with Crippen LogP contribution in [0.25, 0.3) is 0 Å². The number of halogens is 2. The molecular formula is C14H12BrClN2OS. The first-order valence-corrected chi connectivity index (χ1v) is 7.93. The maximum absolute atomic E-state index is 11.9. The summed E-state index contributed by atoms with van der Waals surface area (Å²) in [6.07, 6.45) is 0. The molecule has 3 N–H and O–H groups in total. The van der Waals surface area contributed by atoms with E-state index >= 15 is 0 Å². The lowest BCUT2D eigenvalue weighted by Crippen LogP contribution is -2.14. The molecule has 0 aliphatic carbocycles. The number of nitrogen functional groups attached to an aromatic ring is 1. The summed E-state index contributed by atoms with van der Waals surface area (Å²) in [6, 6.07) is 12.6. The minimum Gasteiger partial charge on any atom is -0.398 e. The number of amides is 1. The summed E-state index contributed by atoms with van der Waals surface area (Å²) in [5.74, 6) is 0.185. The van der Waals surface area contributed by atoms with Crippen LogP contribution in [-0.2, 0) is 4.79 Å². The maximum Gasteiger partial charge on any atom is 0.234 e. The number of carbonyl (C=O) groups excluding carboxylic acids is 1. The van der Waals surface area contributed by atoms with Crippen molar-refractivity contribution in [2.45, 2.75) is 4.90 Å². The lowest BCUT2D eigenvalue weighted by molar-refractivity contribution is -0.113. The van der Waals surface area contributed by atoms with Crippen LogP contribution in [0.4, 0.5) is 11.4 Å². The zero-order valence-corrected chi connectivity index (χ0v) is 13.6. The van der Waals surface area contributed by atoms with Gasteiger partial charge in [-0.05, 0) is 36.4 Å². The fraction of sp³-hybridized carbons (Fsp3) is 0.0714. The zero-order chi connectivity index (χ0) is 14.5. The Bertz CT molecular complexity index is 636. The molecule has 3 nitrogen and oxygen atoms in total. The number of rotatable bonds is 4. The average molecular weight is 372 g/mol. The molecule has 0 fully saturated rings. The summed E-state index contributed by atoms with van der Waals surface area (Å²) in [4.78, 5) is 12.7. The lowest BCUT2D eigenvalue weighted by atomic mass is 10.3. The number of benzene rings is 2. The van der Waals surface area contributed by atoms with E-state index in [1.165, 1.54) is 11.8 Å². The van der Waals surface area contributed by atoms with Gasteiger partial charge in [0, 0.05) is 25.8 Å². The topological polar surface area (TPSA) is 55.1 Å². The summed E-state index contributed by atoms with van der Waals surface area (Å²) in [5.41, 5.74) is 7.20. The van der Waals surface area contributed by atoms with Gasteiger partial charge >= 0.3 is 0 Å². The summed E-state index contributed by atoms with van der Waals surface area (Å²) in [5, 5.41) is 3.38. The Balaban J connectivity index is 1.94. The molecule has 0 heterocycles. The van der Waals surface area contributed by atoms with Crippen molar-refractivity contribution in [2.24, 2.45) is 0 Å².